The van der Waals surface area contributed by atoms with Crippen LogP contribution in [-0.2, 0) is 10.1 Å². The summed E-state index contributed by atoms with van der Waals surface area (Å²) >= 11 is 0. The highest BCUT2D eigenvalue weighted by Gasteiger charge is 2.39. The lowest BCUT2D eigenvalue weighted by molar-refractivity contribution is 0.349. The van der Waals surface area contributed by atoms with Crippen LogP contribution in [0.5, 0.6) is 0 Å². The first kappa shape index (κ1) is 8.51. The molecule has 2 aliphatic carbocycles. The number of rotatable bonds is 2. The molecule has 0 aromatic heterocycles. The molecule has 3 unspecified atom stereocenters. The average Bonchev–Trinajstić information content (AvgIpc) is 2.42. The molecule has 2 saturated carbocycles. The highest BCUT2D eigenvalue weighted by molar-refractivity contribution is 7.85. The normalized spacial score (nSPS) is 40.6. The van der Waals surface area contributed by atoms with E-state index < -0.39 is 10.1 Å². The summed E-state index contributed by atoms with van der Waals surface area (Å²) in [6, 6.07) is 0. The smallest absolute Gasteiger partial charge is 0.0948 e. The Hall–Kier alpha value is -0.0900. The summed E-state index contributed by atoms with van der Waals surface area (Å²) in [6.45, 7) is 0. The molecule has 0 saturated heterocycles. The lowest BCUT2D eigenvalue weighted by Crippen LogP contribution is -2.20. The fourth-order valence-electron chi connectivity index (χ4n) is 2.84. The highest BCUT2D eigenvalue weighted by Crippen LogP contribution is 2.48. The summed E-state index contributed by atoms with van der Waals surface area (Å²) in [5.74, 6) is 1.33. The van der Waals surface area contributed by atoms with Gasteiger partial charge in [0.25, 0.3) is 0 Å². The predicted molar refractivity (Wildman–Crippen MR) is 43.5 cm³/mol. The van der Waals surface area contributed by atoms with E-state index in [1.807, 2.05) is 0 Å². The standard InChI is InChI=1S/C8H14O3S/c9-12(10,11)5-8-4-6-1-2-7(8)3-6/h6-8H,1-5H2,(H,9,10,11)/p-1. The quantitative estimate of drug-likeness (QED) is 0.608. The molecule has 12 heavy (non-hydrogen) atoms. The van der Waals surface area contributed by atoms with Crippen LogP contribution in [0.2, 0.25) is 0 Å². The molecule has 0 heterocycles. The lowest BCUT2D eigenvalue weighted by atomic mass is 9.90. The van der Waals surface area contributed by atoms with Gasteiger partial charge < -0.3 is 4.55 Å². The molecule has 2 aliphatic rings. The fourth-order valence-corrected chi connectivity index (χ4v) is 3.78. The lowest BCUT2D eigenvalue weighted by Gasteiger charge is -2.22. The minimum Gasteiger partial charge on any atom is -0.748 e. The van der Waals surface area contributed by atoms with E-state index in [1.54, 1.807) is 0 Å². The molecule has 4 heteroatoms. The van der Waals surface area contributed by atoms with Gasteiger partial charge in [-0.15, -0.1) is 0 Å². The maximum atomic E-state index is 10.5. The Balaban J connectivity index is 2.00. The molecule has 2 bridgehead atoms. The van der Waals surface area contributed by atoms with E-state index in [1.165, 1.54) is 12.8 Å². The summed E-state index contributed by atoms with van der Waals surface area (Å²) in [5, 5.41) is 0. The first-order valence-electron chi connectivity index (χ1n) is 4.48. The number of hydrogen-bond acceptors (Lipinski definition) is 3. The van der Waals surface area contributed by atoms with Gasteiger partial charge in [0.2, 0.25) is 0 Å². The molecule has 0 amide bonds. The van der Waals surface area contributed by atoms with Crippen LogP contribution in [0.4, 0.5) is 0 Å². The average molecular weight is 189 g/mol. The Morgan fingerprint density at radius 1 is 1.25 bits per heavy atom. The van der Waals surface area contributed by atoms with Gasteiger partial charge in [-0.1, -0.05) is 6.42 Å². The summed E-state index contributed by atoms with van der Waals surface area (Å²) < 4.78 is 31.5. The molecule has 70 valence electrons. The van der Waals surface area contributed by atoms with Crippen molar-refractivity contribution in [3.8, 4) is 0 Å². The zero-order chi connectivity index (χ0) is 8.77. The van der Waals surface area contributed by atoms with Crippen molar-refractivity contribution in [3.05, 3.63) is 0 Å². The predicted octanol–water partition coefficient (Wildman–Crippen LogP) is 0.968. The van der Waals surface area contributed by atoms with Gasteiger partial charge in [0.1, 0.15) is 0 Å². The molecular weight excluding hydrogens is 176 g/mol. The fraction of sp³-hybridized carbons (Fsp3) is 1.00. The van der Waals surface area contributed by atoms with Gasteiger partial charge in [-0.3, -0.25) is 0 Å². The topological polar surface area (TPSA) is 57.2 Å². The molecule has 0 N–H and O–H groups in total. The molecule has 0 radical (unpaired) electrons. The third-order valence-electron chi connectivity index (χ3n) is 3.30. The van der Waals surface area contributed by atoms with Crippen molar-refractivity contribution < 1.29 is 13.0 Å². The van der Waals surface area contributed by atoms with Crippen LogP contribution in [0.1, 0.15) is 25.7 Å². The van der Waals surface area contributed by atoms with Crippen molar-refractivity contribution in [2.45, 2.75) is 25.7 Å². The molecule has 0 aromatic carbocycles. The van der Waals surface area contributed by atoms with Crippen LogP contribution < -0.4 is 0 Å². The van der Waals surface area contributed by atoms with Crippen molar-refractivity contribution in [1.82, 2.24) is 0 Å². The van der Waals surface area contributed by atoms with Crippen LogP contribution >= 0.6 is 0 Å². The molecule has 0 aliphatic heterocycles. The van der Waals surface area contributed by atoms with Crippen molar-refractivity contribution in [2.24, 2.45) is 17.8 Å². The Morgan fingerprint density at radius 2 is 2.00 bits per heavy atom. The van der Waals surface area contributed by atoms with E-state index in [4.69, 9.17) is 0 Å². The summed E-state index contributed by atoms with van der Waals surface area (Å²) in [7, 11) is -3.98. The van der Waals surface area contributed by atoms with Gasteiger partial charge in [0.15, 0.2) is 0 Å². The van der Waals surface area contributed by atoms with Gasteiger partial charge in [-0.2, -0.15) is 0 Å². The monoisotopic (exact) mass is 189 g/mol. The SMILES string of the molecule is O=S(=O)([O-])CC1CC2CCC1C2. The van der Waals surface area contributed by atoms with Crippen molar-refractivity contribution >= 4 is 10.1 Å². The van der Waals surface area contributed by atoms with E-state index in [0.717, 1.165) is 18.8 Å². The van der Waals surface area contributed by atoms with Crippen molar-refractivity contribution in [1.29, 1.82) is 0 Å². The summed E-state index contributed by atoms with van der Waals surface area (Å²) in [5.41, 5.74) is 0. The number of hydrogen-bond donors (Lipinski definition) is 0. The molecule has 2 fully saturated rings. The zero-order valence-corrected chi connectivity index (χ0v) is 7.72. The first-order valence-corrected chi connectivity index (χ1v) is 6.06. The summed E-state index contributed by atoms with van der Waals surface area (Å²) in [6.07, 6.45) is 4.54. The van der Waals surface area contributed by atoms with Crippen LogP contribution in [0.25, 0.3) is 0 Å². The third kappa shape index (κ3) is 1.64. The highest BCUT2D eigenvalue weighted by atomic mass is 32.2. The second-order valence-corrected chi connectivity index (χ2v) is 5.61. The van der Waals surface area contributed by atoms with E-state index >= 15 is 0 Å². The Kier molecular flexibility index (Phi) is 1.92. The third-order valence-corrected chi connectivity index (χ3v) is 4.14. The van der Waals surface area contributed by atoms with Gasteiger partial charge in [0.05, 0.1) is 10.1 Å². The molecule has 0 spiro atoms. The van der Waals surface area contributed by atoms with E-state index in [-0.39, 0.29) is 11.7 Å². The van der Waals surface area contributed by atoms with Crippen molar-refractivity contribution in [2.75, 3.05) is 5.75 Å². The largest absolute Gasteiger partial charge is 0.748 e. The van der Waals surface area contributed by atoms with Crippen LogP contribution in [0.3, 0.4) is 0 Å². The molecule has 0 aromatic rings. The minimum atomic E-state index is -3.98. The molecule has 3 nitrogen and oxygen atoms in total. The van der Waals surface area contributed by atoms with Crippen LogP contribution in [0.15, 0.2) is 0 Å². The van der Waals surface area contributed by atoms with E-state index in [0.29, 0.717) is 5.92 Å². The van der Waals surface area contributed by atoms with E-state index in [2.05, 4.69) is 0 Å². The van der Waals surface area contributed by atoms with Crippen molar-refractivity contribution in [3.63, 3.8) is 0 Å². The van der Waals surface area contributed by atoms with Gasteiger partial charge in [0, 0.05) is 5.75 Å². The second kappa shape index (κ2) is 2.70. The van der Waals surface area contributed by atoms with Crippen LogP contribution in [0, 0.1) is 17.8 Å². The molecule has 2 rings (SSSR count). The number of fused-ring (bicyclic) bond motifs is 2. The van der Waals surface area contributed by atoms with Crippen LogP contribution in [-0.4, -0.2) is 18.7 Å². The maximum absolute atomic E-state index is 10.5. The maximum Gasteiger partial charge on any atom is 0.0948 e. The Morgan fingerprint density at radius 3 is 2.42 bits per heavy atom. The van der Waals surface area contributed by atoms with Gasteiger partial charge >= 0.3 is 0 Å². The molecule has 3 atom stereocenters. The van der Waals surface area contributed by atoms with E-state index in [9.17, 15) is 13.0 Å². The Labute approximate surface area is 72.9 Å². The zero-order valence-electron chi connectivity index (χ0n) is 6.90. The molecular formula is C8H13O3S-. The summed E-state index contributed by atoms with van der Waals surface area (Å²) in [4.78, 5) is 0. The second-order valence-electron chi connectivity index (χ2n) is 4.16. The van der Waals surface area contributed by atoms with Gasteiger partial charge in [-0.05, 0) is 37.0 Å². The minimum absolute atomic E-state index is 0.117. The van der Waals surface area contributed by atoms with Gasteiger partial charge in [-0.25, -0.2) is 8.42 Å². The first-order chi connectivity index (χ1) is 5.54. The Bertz CT molecular complexity index is 270.